The molecule has 0 aromatic heterocycles. The highest BCUT2D eigenvalue weighted by molar-refractivity contribution is 5.80. The number of amides is 2. The van der Waals surface area contributed by atoms with Gasteiger partial charge in [0.05, 0.1) is 13.2 Å². The molecule has 0 radical (unpaired) electrons. The maximum absolute atomic E-state index is 12.8. The summed E-state index contributed by atoms with van der Waals surface area (Å²) in [7, 11) is 0. The lowest BCUT2D eigenvalue weighted by Crippen LogP contribution is -2.48. The third-order valence-corrected chi connectivity index (χ3v) is 4.84. The van der Waals surface area contributed by atoms with Crippen LogP contribution in [-0.4, -0.2) is 54.4 Å². The minimum atomic E-state index is -0.0359. The molecule has 1 atom stereocenters. The number of likely N-dealkylation sites (tertiary alicyclic amines) is 1. The lowest BCUT2D eigenvalue weighted by molar-refractivity contribution is -0.146. The number of ether oxygens (including phenoxy) is 1. The summed E-state index contributed by atoms with van der Waals surface area (Å²) >= 11 is 0. The van der Waals surface area contributed by atoms with E-state index in [2.05, 4.69) is 0 Å². The van der Waals surface area contributed by atoms with E-state index in [1.54, 1.807) is 6.92 Å². The summed E-state index contributed by atoms with van der Waals surface area (Å²) in [4.78, 5) is 27.9. The molecule has 0 bridgehead atoms. The molecule has 1 unspecified atom stereocenters. The summed E-state index contributed by atoms with van der Waals surface area (Å²) in [5.41, 5.74) is 1.12. The molecule has 2 aliphatic heterocycles. The van der Waals surface area contributed by atoms with Crippen molar-refractivity contribution in [1.29, 1.82) is 0 Å². The second-order valence-corrected chi connectivity index (χ2v) is 6.33. The number of benzene rings is 1. The third-order valence-electron chi connectivity index (χ3n) is 4.84. The lowest BCUT2D eigenvalue weighted by atomic mass is 9.94. The van der Waals surface area contributed by atoms with Gasteiger partial charge in [-0.2, -0.15) is 0 Å². The van der Waals surface area contributed by atoms with E-state index in [4.69, 9.17) is 4.74 Å². The van der Waals surface area contributed by atoms with Crippen LogP contribution in [0.25, 0.3) is 0 Å². The molecule has 5 nitrogen and oxygen atoms in total. The fourth-order valence-corrected chi connectivity index (χ4v) is 3.42. The van der Waals surface area contributed by atoms with Crippen molar-refractivity contribution in [1.82, 2.24) is 9.80 Å². The molecule has 0 N–H and O–H groups in total. The van der Waals surface area contributed by atoms with Crippen LogP contribution in [0.15, 0.2) is 30.3 Å². The molecule has 2 heterocycles. The average molecular weight is 316 g/mol. The van der Waals surface area contributed by atoms with Gasteiger partial charge in [-0.15, -0.1) is 0 Å². The van der Waals surface area contributed by atoms with Crippen molar-refractivity contribution in [2.24, 2.45) is 5.92 Å². The molecule has 2 amide bonds. The number of rotatable bonds is 2. The fourth-order valence-electron chi connectivity index (χ4n) is 3.42. The molecule has 124 valence electrons. The minimum Gasteiger partial charge on any atom is -0.370 e. The van der Waals surface area contributed by atoms with Gasteiger partial charge in [0.15, 0.2) is 0 Å². The van der Waals surface area contributed by atoms with Gasteiger partial charge in [-0.25, -0.2) is 0 Å². The number of carbonyl (C=O) groups is 2. The number of hydrogen-bond donors (Lipinski definition) is 0. The van der Waals surface area contributed by atoms with E-state index in [0.29, 0.717) is 32.8 Å². The molecule has 5 heteroatoms. The van der Waals surface area contributed by atoms with Gasteiger partial charge in [-0.3, -0.25) is 9.59 Å². The normalized spacial score (nSPS) is 22.9. The van der Waals surface area contributed by atoms with Crippen molar-refractivity contribution < 1.29 is 14.3 Å². The largest absolute Gasteiger partial charge is 0.370 e. The molecule has 3 rings (SSSR count). The first-order valence-corrected chi connectivity index (χ1v) is 8.36. The SMILES string of the molecule is CC(=O)N1CCC(C(=O)N2CCOC(c3ccccc3)C2)CC1. The van der Waals surface area contributed by atoms with E-state index in [9.17, 15) is 9.59 Å². The second-order valence-electron chi connectivity index (χ2n) is 6.33. The molecule has 1 aromatic rings. The molecule has 1 aromatic carbocycles. The first-order chi connectivity index (χ1) is 11.1. The number of nitrogens with zero attached hydrogens (tertiary/aromatic N) is 2. The van der Waals surface area contributed by atoms with Gasteiger partial charge in [0.2, 0.25) is 11.8 Å². The van der Waals surface area contributed by atoms with E-state index < -0.39 is 0 Å². The summed E-state index contributed by atoms with van der Waals surface area (Å²) in [5, 5.41) is 0. The average Bonchev–Trinajstić information content (AvgIpc) is 2.62. The first-order valence-electron chi connectivity index (χ1n) is 8.36. The Morgan fingerprint density at radius 3 is 2.39 bits per heavy atom. The Bertz CT molecular complexity index is 553. The molecule has 0 saturated carbocycles. The predicted octanol–water partition coefficient (Wildman–Crippen LogP) is 1.84. The number of carbonyl (C=O) groups excluding carboxylic acids is 2. The Hall–Kier alpha value is -1.88. The number of morpholine rings is 1. The van der Waals surface area contributed by atoms with Crippen molar-refractivity contribution in [3.8, 4) is 0 Å². The standard InChI is InChI=1S/C18H24N2O3/c1-14(21)19-9-7-16(8-10-19)18(22)20-11-12-23-17(13-20)15-5-3-2-4-6-15/h2-6,16-17H,7-13H2,1H3. The smallest absolute Gasteiger partial charge is 0.225 e. The van der Waals surface area contributed by atoms with Gasteiger partial charge in [0.25, 0.3) is 0 Å². The highest BCUT2D eigenvalue weighted by Crippen LogP contribution is 2.25. The van der Waals surface area contributed by atoms with Crippen LogP contribution < -0.4 is 0 Å². The van der Waals surface area contributed by atoms with Crippen molar-refractivity contribution >= 4 is 11.8 Å². The Balaban J connectivity index is 1.58. The molecular weight excluding hydrogens is 292 g/mol. The number of piperidine rings is 1. The zero-order valence-electron chi connectivity index (χ0n) is 13.6. The van der Waals surface area contributed by atoms with E-state index in [1.807, 2.05) is 40.1 Å². The monoisotopic (exact) mass is 316 g/mol. The maximum atomic E-state index is 12.8. The minimum absolute atomic E-state index is 0.0359. The zero-order chi connectivity index (χ0) is 16.2. The summed E-state index contributed by atoms with van der Waals surface area (Å²) in [6.45, 7) is 4.84. The van der Waals surface area contributed by atoms with Gasteiger partial charge in [-0.05, 0) is 18.4 Å². The van der Waals surface area contributed by atoms with Crippen molar-refractivity contribution in [2.45, 2.75) is 25.9 Å². The van der Waals surface area contributed by atoms with Gasteiger partial charge < -0.3 is 14.5 Å². The van der Waals surface area contributed by atoms with Crippen molar-refractivity contribution in [3.63, 3.8) is 0 Å². The Morgan fingerprint density at radius 2 is 1.74 bits per heavy atom. The summed E-state index contributed by atoms with van der Waals surface area (Å²) in [5.74, 6) is 0.365. The second kappa shape index (κ2) is 7.13. The highest BCUT2D eigenvalue weighted by atomic mass is 16.5. The Morgan fingerprint density at radius 1 is 1.04 bits per heavy atom. The van der Waals surface area contributed by atoms with E-state index >= 15 is 0 Å². The zero-order valence-corrected chi connectivity index (χ0v) is 13.6. The summed E-state index contributed by atoms with van der Waals surface area (Å²) in [6, 6.07) is 10.1. The summed E-state index contributed by atoms with van der Waals surface area (Å²) in [6.07, 6.45) is 1.50. The van der Waals surface area contributed by atoms with Crippen LogP contribution in [0.2, 0.25) is 0 Å². The quantitative estimate of drug-likeness (QED) is 0.836. The van der Waals surface area contributed by atoms with Gasteiger partial charge in [0, 0.05) is 32.5 Å². The molecule has 2 saturated heterocycles. The van der Waals surface area contributed by atoms with Crippen LogP contribution >= 0.6 is 0 Å². The van der Waals surface area contributed by atoms with Gasteiger partial charge in [0.1, 0.15) is 6.10 Å². The molecule has 0 spiro atoms. The third kappa shape index (κ3) is 3.72. The van der Waals surface area contributed by atoms with Gasteiger partial charge in [-0.1, -0.05) is 30.3 Å². The van der Waals surface area contributed by atoms with Crippen LogP contribution in [0.3, 0.4) is 0 Å². The number of hydrogen-bond acceptors (Lipinski definition) is 3. The fraction of sp³-hybridized carbons (Fsp3) is 0.556. The molecule has 23 heavy (non-hydrogen) atoms. The van der Waals surface area contributed by atoms with Gasteiger partial charge >= 0.3 is 0 Å². The molecule has 2 aliphatic rings. The lowest BCUT2D eigenvalue weighted by Gasteiger charge is -2.37. The van der Waals surface area contributed by atoms with Crippen LogP contribution in [0.5, 0.6) is 0 Å². The van der Waals surface area contributed by atoms with E-state index in [0.717, 1.165) is 18.4 Å². The predicted molar refractivity (Wildman–Crippen MR) is 86.7 cm³/mol. The molecule has 0 aliphatic carbocycles. The molecule has 2 fully saturated rings. The maximum Gasteiger partial charge on any atom is 0.225 e. The van der Waals surface area contributed by atoms with Crippen molar-refractivity contribution in [3.05, 3.63) is 35.9 Å². The van der Waals surface area contributed by atoms with Crippen LogP contribution in [0.1, 0.15) is 31.4 Å². The Labute approximate surface area is 137 Å². The first kappa shape index (κ1) is 16.0. The topological polar surface area (TPSA) is 49.9 Å². The Kier molecular flexibility index (Phi) is 4.96. The van der Waals surface area contributed by atoms with Crippen LogP contribution in [-0.2, 0) is 14.3 Å². The molecular formula is C18H24N2O3. The van der Waals surface area contributed by atoms with Crippen LogP contribution in [0.4, 0.5) is 0 Å². The van der Waals surface area contributed by atoms with Crippen molar-refractivity contribution in [2.75, 3.05) is 32.8 Å². The summed E-state index contributed by atoms with van der Waals surface area (Å²) < 4.78 is 5.83. The van der Waals surface area contributed by atoms with E-state index in [-0.39, 0.29) is 23.8 Å². The highest BCUT2D eigenvalue weighted by Gasteiger charge is 2.32. The van der Waals surface area contributed by atoms with E-state index in [1.165, 1.54) is 0 Å². The van der Waals surface area contributed by atoms with Crippen LogP contribution in [0, 0.1) is 5.92 Å².